The molecule has 0 aliphatic carbocycles. The van der Waals surface area contributed by atoms with Gasteiger partial charge in [-0.25, -0.2) is 0 Å². The summed E-state index contributed by atoms with van der Waals surface area (Å²) >= 11 is 7.55. The van der Waals surface area contributed by atoms with Gasteiger partial charge in [0.2, 0.25) is 0 Å². The fourth-order valence-electron chi connectivity index (χ4n) is 1.43. The zero-order chi connectivity index (χ0) is 11.5. The summed E-state index contributed by atoms with van der Waals surface area (Å²) in [6.07, 6.45) is 2.67. The van der Waals surface area contributed by atoms with Crippen LogP contribution in [0, 0.1) is 0 Å². The molecule has 0 amide bonds. The van der Waals surface area contributed by atoms with Crippen molar-refractivity contribution in [3.63, 3.8) is 0 Å². The van der Waals surface area contributed by atoms with Crippen LogP contribution < -0.4 is 0 Å². The highest BCUT2D eigenvalue weighted by Crippen LogP contribution is 2.33. The molecule has 0 saturated carbocycles. The van der Waals surface area contributed by atoms with Gasteiger partial charge in [0.1, 0.15) is 5.76 Å². The van der Waals surface area contributed by atoms with Crippen molar-refractivity contribution in [1.29, 1.82) is 0 Å². The van der Waals surface area contributed by atoms with Crippen molar-refractivity contribution in [3.8, 4) is 11.3 Å². The Morgan fingerprint density at radius 1 is 1.31 bits per heavy atom. The van der Waals surface area contributed by atoms with E-state index in [1.807, 2.05) is 24.5 Å². The molecule has 0 bridgehead atoms. The van der Waals surface area contributed by atoms with Crippen LogP contribution in [0.3, 0.4) is 0 Å². The van der Waals surface area contributed by atoms with E-state index < -0.39 is 0 Å². The van der Waals surface area contributed by atoms with Gasteiger partial charge < -0.3 is 4.42 Å². The second-order valence-corrected chi connectivity index (χ2v) is 4.45. The van der Waals surface area contributed by atoms with Gasteiger partial charge in [-0.15, -0.1) is 11.8 Å². The average molecular weight is 253 g/mol. The Bertz CT molecular complexity index is 519. The first-order chi connectivity index (χ1) is 7.74. The SMILES string of the molecule is CSc1ccc(Cl)cc1-c1ccc(C=O)o1. The molecule has 1 aromatic carbocycles. The van der Waals surface area contributed by atoms with Gasteiger partial charge in [0.05, 0.1) is 0 Å². The number of hydrogen-bond acceptors (Lipinski definition) is 3. The van der Waals surface area contributed by atoms with Crippen LogP contribution in [0.15, 0.2) is 39.6 Å². The van der Waals surface area contributed by atoms with Gasteiger partial charge in [-0.3, -0.25) is 4.79 Å². The number of aldehydes is 1. The van der Waals surface area contributed by atoms with Crippen molar-refractivity contribution in [2.75, 3.05) is 6.26 Å². The third-order valence-corrected chi connectivity index (χ3v) is 3.20. The number of furan rings is 1. The summed E-state index contributed by atoms with van der Waals surface area (Å²) in [4.78, 5) is 11.6. The minimum atomic E-state index is 0.321. The van der Waals surface area contributed by atoms with E-state index in [1.54, 1.807) is 23.9 Å². The van der Waals surface area contributed by atoms with Crippen molar-refractivity contribution in [3.05, 3.63) is 41.1 Å². The lowest BCUT2D eigenvalue weighted by Crippen LogP contribution is -1.80. The lowest BCUT2D eigenvalue weighted by Gasteiger charge is -2.04. The van der Waals surface area contributed by atoms with Crippen LogP contribution in [0.1, 0.15) is 10.6 Å². The zero-order valence-corrected chi connectivity index (χ0v) is 10.1. The molecular weight excluding hydrogens is 244 g/mol. The molecule has 82 valence electrons. The van der Waals surface area contributed by atoms with Gasteiger partial charge in [0.15, 0.2) is 12.0 Å². The summed E-state index contributed by atoms with van der Waals surface area (Å²) in [5, 5.41) is 0.650. The first kappa shape index (κ1) is 11.3. The molecule has 0 saturated heterocycles. The van der Waals surface area contributed by atoms with E-state index in [0.29, 0.717) is 22.8 Å². The Hall–Kier alpha value is -1.19. The van der Waals surface area contributed by atoms with E-state index >= 15 is 0 Å². The van der Waals surface area contributed by atoms with Gasteiger partial charge in [-0.05, 0) is 36.6 Å². The van der Waals surface area contributed by atoms with Gasteiger partial charge in [0.25, 0.3) is 0 Å². The Morgan fingerprint density at radius 2 is 2.12 bits per heavy atom. The maximum Gasteiger partial charge on any atom is 0.185 e. The molecule has 0 atom stereocenters. The van der Waals surface area contributed by atoms with E-state index in [-0.39, 0.29) is 0 Å². The molecule has 1 heterocycles. The van der Waals surface area contributed by atoms with Gasteiger partial charge in [-0.2, -0.15) is 0 Å². The Morgan fingerprint density at radius 3 is 2.75 bits per heavy atom. The zero-order valence-electron chi connectivity index (χ0n) is 8.57. The highest BCUT2D eigenvalue weighted by atomic mass is 35.5. The van der Waals surface area contributed by atoms with E-state index in [1.165, 1.54) is 0 Å². The van der Waals surface area contributed by atoms with E-state index in [9.17, 15) is 4.79 Å². The number of hydrogen-bond donors (Lipinski definition) is 0. The largest absolute Gasteiger partial charge is 0.453 e. The highest BCUT2D eigenvalue weighted by Gasteiger charge is 2.09. The number of thioether (sulfide) groups is 1. The lowest BCUT2D eigenvalue weighted by atomic mass is 10.2. The lowest BCUT2D eigenvalue weighted by molar-refractivity contribution is 0.110. The maximum absolute atomic E-state index is 10.5. The molecule has 16 heavy (non-hydrogen) atoms. The number of halogens is 1. The topological polar surface area (TPSA) is 30.2 Å². The number of carbonyl (C=O) groups is 1. The molecule has 0 fully saturated rings. The van der Waals surface area contributed by atoms with Crippen LogP contribution >= 0.6 is 23.4 Å². The summed E-state index contributed by atoms with van der Waals surface area (Å²) in [5.74, 6) is 0.982. The van der Waals surface area contributed by atoms with E-state index in [2.05, 4.69) is 0 Å². The van der Waals surface area contributed by atoms with Crippen LogP contribution in [-0.4, -0.2) is 12.5 Å². The van der Waals surface area contributed by atoms with Gasteiger partial charge >= 0.3 is 0 Å². The molecule has 0 aliphatic heterocycles. The smallest absolute Gasteiger partial charge is 0.185 e. The van der Waals surface area contributed by atoms with Crippen molar-refractivity contribution >= 4 is 29.6 Å². The normalized spacial score (nSPS) is 10.4. The molecule has 4 heteroatoms. The van der Waals surface area contributed by atoms with Crippen molar-refractivity contribution in [1.82, 2.24) is 0 Å². The predicted molar refractivity (Wildman–Crippen MR) is 66.3 cm³/mol. The molecule has 0 unspecified atom stereocenters. The molecule has 1 aromatic heterocycles. The fraction of sp³-hybridized carbons (Fsp3) is 0.0833. The Kier molecular flexibility index (Phi) is 3.36. The van der Waals surface area contributed by atoms with Crippen LogP contribution in [-0.2, 0) is 0 Å². The molecule has 2 aromatic rings. The predicted octanol–water partition coefficient (Wildman–Crippen LogP) is 4.13. The summed E-state index contributed by atoms with van der Waals surface area (Å²) in [6, 6.07) is 9.02. The Balaban J connectivity index is 2.53. The second kappa shape index (κ2) is 4.76. The molecule has 2 rings (SSSR count). The number of carbonyl (C=O) groups excluding carboxylic acids is 1. The van der Waals surface area contributed by atoms with Crippen LogP contribution in [0.5, 0.6) is 0 Å². The molecule has 0 spiro atoms. The van der Waals surface area contributed by atoms with Crippen LogP contribution in [0.2, 0.25) is 5.02 Å². The minimum absolute atomic E-state index is 0.321. The molecule has 0 N–H and O–H groups in total. The molecule has 0 aliphatic rings. The van der Waals surface area contributed by atoms with E-state index in [0.717, 1.165) is 10.5 Å². The van der Waals surface area contributed by atoms with Crippen LogP contribution in [0.4, 0.5) is 0 Å². The third-order valence-electron chi connectivity index (χ3n) is 2.17. The van der Waals surface area contributed by atoms with Gasteiger partial charge in [0, 0.05) is 15.5 Å². The average Bonchev–Trinajstić information content (AvgIpc) is 2.77. The summed E-state index contributed by atoms with van der Waals surface area (Å²) in [6.45, 7) is 0. The first-order valence-corrected chi connectivity index (χ1v) is 6.24. The van der Waals surface area contributed by atoms with Crippen molar-refractivity contribution < 1.29 is 9.21 Å². The second-order valence-electron chi connectivity index (χ2n) is 3.16. The first-order valence-electron chi connectivity index (χ1n) is 4.63. The third kappa shape index (κ3) is 2.15. The summed E-state index contributed by atoms with van der Waals surface area (Å²) < 4.78 is 5.38. The highest BCUT2D eigenvalue weighted by molar-refractivity contribution is 7.98. The van der Waals surface area contributed by atoms with Crippen molar-refractivity contribution in [2.24, 2.45) is 0 Å². The monoisotopic (exact) mass is 252 g/mol. The molecular formula is C12H9ClO2S. The minimum Gasteiger partial charge on any atom is -0.453 e. The number of rotatable bonds is 3. The van der Waals surface area contributed by atoms with Crippen LogP contribution in [0.25, 0.3) is 11.3 Å². The molecule has 0 radical (unpaired) electrons. The van der Waals surface area contributed by atoms with Crippen molar-refractivity contribution in [2.45, 2.75) is 4.90 Å². The van der Waals surface area contributed by atoms with Gasteiger partial charge in [-0.1, -0.05) is 11.6 Å². The maximum atomic E-state index is 10.5. The summed E-state index contributed by atoms with van der Waals surface area (Å²) in [7, 11) is 0. The summed E-state index contributed by atoms with van der Waals surface area (Å²) in [5.41, 5.74) is 0.910. The standard InChI is InChI=1S/C12H9ClO2S/c1-16-12-5-2-8(13)6-10(12)11-4-3-9(7-14)15-11/h2-7H,1H3. The quantitative estimate of drug-likeness (QED) is 0.608. The van der Waals surface area contributed by atoms with E-state index in [4.69, 9.17) is 16.0 Å². The fourth-order valence-corrected chi connectivity index (χ4v) is 2.19. The number of benzene rings is 1. The Labute approximate surface area is 103 Å². The molecule has 2 nitrogen and oxygen atoms in total.